The molecule has 1 aromatic carbocycles. The highest BCUT2D eigenvalue weighted by molar-refractivity contribution is 5.80. The SMILES string of the molecule is Cc1ccccc1CC(=O)N1CCN(C(=O)CC(O)C(C)C)CC1. The van der Waals surface area contributed by atoms with Gasteiger partial charge in [-0.2, -0.15) is 0 Å². The maximum Gasteiger partial charge on any atom is 0.227 e. The highest BCUT2D eigenvalue weighted by Gasteiger charge is 2.26. The molecule has 0 saturated carbocycles. The molecular weight excluding hydrogens is 304 g/mol. The van der Waals surface area contributed by atoms with Crippen LogP contribution in [0.1, 0.15) is 31.4 Å². The van der Waals surface area contributed by atoms with E-state index in [2.05, 4.69) is 0 Å². The zero-order valence-corrected chi connectivity index (χ0v) is 14.9. The van der Waals surface area contributed by atoms with Gasteiger partial charge in [-0.05, 0) is 24.0 Å². The van der Waals surface area contributed by atoms with Crippen molar-refractivity contribution in [3.05, 3.63) is 35.4 Å². The summed E-state index contributed by atoms with van der Waals surface area (Å²) in [5.41, 5.74) is 2.18. The minimum absolute atomic E-state index is 0.0257. The Balaban J connectivity index is 1.83. The summed E-state index contributed by atoms with van der Waals surface area (Å²) in [6.45, 7) is 8.04. The van der Waals surface area contributed by atoms with E-state index in [1.165, 1.54) is 0 Å². The number of aliphatic hydroxyl groups is 1. The van der Waals surface area contributed by atoms with Crippen LogP contribution in [-0.2, 0) is 16.0 Å². The number of nitrogens with zero attached hydrogens (tertiary/aromatic N) is 2. The number of amides is 2. The number of hydrogen-bond acceptors (Lipinski definition) is 3. The summed E-state index contributed by atoms with van der Waals surface area (Å²) < 4.78 is 0. The zero-order valence-electron chi connectivity index (χ0n) is 14.9. The van der Waals surface area contributed by atoms with Crippen molar-refractivity contribution in [2.24, 2.45) is 5.92 Å². The highest BCUT2D eigenvalue weighted by Crippen LogP contribution is 2.13. The molecule has 5 heteroatoms. The first-order valence-corrected chi connectivity index (χ1v) is 8.66. The molecule has 1 unspecified atom stereocenters. The van der Waals surface area contributed by atoms with E-state index in [1.54, 1.807) is 4.90 Å². The van der Waals surface area contributed by atoms with Gasteiger partial charge in [-0.1, -0.05) is 38.1 Å². The van der Waals surface area contributed by atoms with Crippen LogP contribution in [0.3, 0.4) is 0 Å². The monoisotopic (exact) mass is 332 g/mol. The van der Waals surface area contributed by atoms with Gasteiger partial charge in [0.05, 0.1) is 18.9 Å². The minimum Gasteiger partial charge on any atom is -0.392 e. The highest BCUT2D eigenvalue weighted by atomic mass is 16.3. The van der Waals surface area contributed by atoms with Crippen LogP contribution in [-0.4, -0.2) is 59.0 Å². The third-order valence-electron chi connectivity index (χ3n) is 4.74. The van der Waals surface area contributed by atoms with E-state index in [4.69, 9.17) is 0 Å². The Morgan fingerprint density at radius 2 is 1.58 bits per heavy atom. The fourth-order valence-corrected chi connectivity index (χ4v) is 2.83. The topological polar surface area (TPSA) is 60.9 Å². The predicted octanol–water partition coefficient (Wildman–Crippen LogP) is 1.62. The van der Waals surface area contributed by atoms with Crippen LogP contribution in [0, 0.1) is 12.8 Å². The number of hydrogen-bond donors (Lipinski definition) is 1. The number of aliphatic hydroxyl groups excluding tert-OH is 1. The first kappa shape index (κ1) is 18.5. The van der Waals surface area contributed by atoms with Crippen molar-refractivity contribution in [2.45, 2.75) is 39.7 Å². The first-order valence-electron chi connectivity index (χ1n) is 8.66. The maximum atomic E-state index is 12.4. The number of carbonyl (C=O) groups excluding carboxylic acids is 2. The van der Waals surface area contributed by atoms with E-state index >= 15 is 0 Å². The Hall–Kier alpha value is -1.88. The number of carbonyl (C=O) groups is 2. The summed E-state index contributed by atoms with van der Waals surface area (Å²) in [7, 11) is 0. The smallest absolute Gasteiger partial charge is 0.227 e. The average Bonchev–Trinajstić information content (AvgIpc) is 2.56. The fourth-order valence-electron chi connectivity index (χ4n) is 2.83. The van der Waals surface area contributed by atoms with Crippen LogP contribution in [0.15, 0.2) is 24.3 Å². The molecule has 24 heavy (non-hydrogen) atoms. The minimum atomic E-state index is -0.599. The van der Waals surface area contributed by atoms with Crippen molar-refractivity contribution in [3.8, 4) is 0 Å². The summed E-state index contributed by atoms with van der Waals surface area (Å²) in [6, 6.07) is 7.92. The van der Waals surface area contributed by atoms with Crippen LogP contribution >= 0.6 is 0 Å². The Morgan fingerprint density at radius 1 is 1.04 bits per heavy atom. The van der Waals surface area contributed by atoms with E-state index in [1.807, 2.05) is 49.9 Å². The quantitative estimate of drug-likeness (QED) is 0.891. The van der Waals surface area contributed by atoms with E-state index in [0.29, 0.717) is 32.6 Å². The summed E-state index contributed by atoms with van der Waals surface area (Å²) in [5.74, 6) is 0.159. The van der Waals surface area contributed by atoms with Crippen LogP contribution < -0.4 is 0 Å². The van der Waals surface area contributed by atoms with Crippen molar-refractivity contribution in [1.82, 2.24) is 9.80 Å². The third kappa shape index (κ3) is 4.81. The van der Waals surface area contributed by atoms with Crippen molar-refractivity contribution < 1.29 is 14.7 Å². The summed E-state index contributed by atoms with van der Waals surface area (Å²) in [4.78, 5) is 28.2. The van der Waals surface area contributed by atoms with E-state index in [9.17, 15) is 14.7 Å². The maximum absolute atomic E-state index is 12.4. The Bertz CT molecular complexity index is 578. The average molecular weight is 332 g/mol. The van der Waals surface area contributed by atoms with Crippen molar-refractivity contribution in [1.29, 1.82) is 0 Å². The molecule has 0 aliphatic carbocycles. The standard InChI is InChI=1S/C19H28N2O3/c1-14(2)17(22)13-19(24)21-10-8-20(9-11-21)18(23)12-16-7-5-4-6-15(16)3/h4-7,14,17,22H,8-13H2,1-3H3. The van der Waals surface area contributed by atoms with E-state index < -0.39 is 6.10 Å². The molecule has 0 bridgehead atoms. The van der Waals surface area contributed by atoms with Gasteiger partial charge < -0.3 is 14.9 Å². The molecule has 1 fully saturated rings. The molecule has 1 aromatic rings. The van der Waals surface area contributed by atoms with Crippen LogP contribution in [0.4, 0.5) is 0 Å². The van der Waals surface area contributed by atoms with Crippen molar-refractivity contribution in [3.63, 3.8) is 0 Å². The fraction of sp³-hybridized carbons (Fsp3) is 0.579. The second-order valence-corrected chi connectivity index (χ2v) is 6.88. The van der Waals surface area contributed by atoms with Gasteiger partial charge in [-0.25, -0.2) is 0 Å². The largest absolute Gasteiger partial charge is 0.392 e. The molecule has 5 nitrogen and oxygen atoms in total. The lowest BCUT2D eigenvalue weighted by molar-refractivity contribution is -0.140. The van der Waals surface area contributed by atoms with Gasteiger partial charge in [0.2, 0.25) is 11.8 Å². The lowest BCUT2D eigenvalue weighted by Crippen LogP contribution is -2.51. The van der Waals surface area contributed by atoms with E-state index in [-0.39, 0.29) is 24.2 Å². The van der Waals surface area contributed by atoms with Gasteiger partial charge in [0.25, 0.3) is 0 Å². The summed E-state index contributed by atoms with van der Waals surface area (Å²) in [5, 5.41) is 9.85. The van der Waals surface area contributed by atoms with Crippen molar-refractivity contribution >= 4 is 11.8 Å². The summed E-state index contributed by atoms with van der Waals surface area (Å²) in [6.07, 6.45) is -0.0279. The molecule has 1 heterocycles. The Morgan fingerprint density at radius 3 is 2.12 bits per heavy atom. The molecule has 0 aromatic heterocycles. The van der Waals surface area contributed by atoms with Gasteiger partial charge in [-0.3, -0.25) is 9.59 Å². The second kappa shape index (κ2) is 8.29. The molecule has 0 spiro atoms. The molecule has 2 rings (SSSR count). The Labute approximate surface area is 144 Å². The second-order valence-electron chi connectivity index (χ2n) is 6.88. The zero-order chi connectivity index (χ0) is 17.7. The predicted molar refractivity (Wildman–Crippen MR) is 93.5 cm³/mol. The van der Waals surface area contributed by atoms with Gasteiger partial charge in [0, 0.05) is 26.2 Å². The van der Waals surface area contributed by atoms with Gasteiger partial charge in [-0.15, -0.1) is 0 Å². The first-order chi connectivity index (χ1) is 11.4. The molecule has 2 amide bonds. The summed E-state index contributed by atoms with van der Waals surface area (Å²) >= 11 is 0. The number of piperazine rings is 1. The molecule has 1 N–H and O–H groups in total. The lowest BCUT2D eigenvalue weighted by atomic mass is 10.0. The van der Waals surface area contributed by atoms with Gasteiger partial charge in [0.1, 0.15) is 0 Å². The molecule has 132 valence electrons. The number of benzene rings is 1. The van der Waals surface area contributed by atoms with Crippen LogP contribution in [0.2, 0.25) is 0 Å². The van der Waals surface area contributed by atoms with Gasteiger partial charge in [0.15, 0.2) is 0 Å². The molecule has 1 aliphatic rings. The van der Waals surface area contributed by atoms with Crippen LogP contribution in [0.5, 0.6) is 0 Å². The Kier molecular flexibility index (Phi) is 6.37. The van der Waals surface area contributed by atoms with Gasteiger partial charge >= 0.3 is 0 Å². The molecule has 1 aliphatic heterocycles. The third-order valence-corrected chi connectivity index (χ3v) is 4.74. The number of aryl methyl sites for hydroxylation is 1. The normalized spacial score (nSPS) is 16.4. The molecule has 1 atom stereocenters. The molecule has 1 saturated heterocycles. The van der Waals surface area contributed by atoms with E-state index in [0.717, 1.165) is 11.1 Å². The van der Waals surface area contributed by atoms with Crippen LogP contribution in [0.25, 0.3) is 0 Å². The van der Waals surface area contributed by atoms with Crippen molar-refractivity contribution in [2.75, 3.05) is 26.2 Å². The lowest BCUT2D eigenvalue weighted by Gasteiger charge is -2.35. The molecule has 0 radical (unpaired) electrons. The molecular formula is C19H28N2O3. The number of rotatable bonds is 5.